The van der Waals surface area contributed by atoms with Crippen LogP contribution in [-0.2, 0) is 19.2 Å². The molecular weight excluding hydrogens is 598 g/mol. The smallest absolute Gasteiger partial charge is 0.303 e. The summed E-state index contributed by atoms with van der Waals surface area (Å²) in [6.07, 6.45) is 12.0. The van der Waals surface area contributed by atoms with Gasteiger partial charge in [0.05, 0.1) is 10.9 Å². The first-order valence-electron chi connectivity index (χ1n) is 18.1. The first kappa shape index (κ1) is 35.0. The van der Waals surface area contributed by atoms with Gasteiger partial charge in [0.1, 0.15) is 11.6 Å². The molecule has 0 saturated heterocycles. The van der Waals surface area contributed by atoms with Gasteiger partial charge in [0.2, 0.25) is 5.91 Å². The highest BCUT2D eigenvalue weighted by molar-refractivity contribution is 7.14. The lowest BCUT2D eigenvalue weighted by Crippen LogP contribution is -2.57. The summed E-state index contributed by atoms with van der Waals surface area (Å²) in [4.78, 5) is 64.6. The Kier molecular flexibility index (Phi) is 11.0. The third-order valence-corrected chi connectivity index (χ3v) is 14.3. The molecule has 5 rings (SSSR count). The molecule has 0 aliphatic heterocycles. The number of rotatable bonds is 14. The van der Waals surface area contributed by atoms with Crippen molar-refractivity contribution in [2.24, 2.45) is 46.3 Å². The van der Waals surface area contributed by atoms with E-state index in [2.05, 4.69) is 33.0 Å². The van der Waals surface area contributed by atoms with Gasteiger partial charge in [0, 0.05) is 49.3 Å². The molecule has 9 atom stereocenters. The molecular formula is C38H55NO6S. The second-order valence-electron chi connectivity index (χ2n) is 15.7. The first-order chi connectivity index (χ1) is 21.9. The molecule has 0 aromatic carbocycles. The minimum absolute atomic E-state index is 0.0543. The number of nitrogens with one attached hydrogen (secondary N) is 1. The van der Waals surface area contributed by atoms with Crippen LogP contribution in [-0.4, -0.2) is 34.3 Å². The quantitative estimate of drug-likeness (QED) is 0.154. The van der Waals surface area contributed by atoms with Crippen molar-refractivity contribution in [2.45, 2.75) is 136 Å². The van der Waals surface area contributed by atoms with Crippen molar-refractivity contribution in [1.82, 2.24) is 5.32 Å². The van der Waals surface area contributed by atoms with Crippen LogP contribution in [0.15, 0.2) is 12.1 Å². The van der Waals surface area contributed by atoms with Gasteiger partial charge in [-0.1, -0.05) is 40.5 Å². The van der Waals surface area contributed by atoms with Gasteiger partial charge in [-0.05, 0) is 104 Å². The van der Waals surface area contributed by atoms with Crippen molar-refractivity contribution < 1.29 is 29.1 Å². The van der Waals surface area contributed by atoms with E-state index in [9.17, 15) is 24.0 Å². The van der Waals surface area contributed by atoms with Crippen LogP contribution in [0.4, 0.5) is 0 Å². The Labute approximate surface area is 279 Å². The van der Waals surface area contributed by atoms with E-state index < -0.39 is 5.97 Å². The van der Waals surface area contributed by atoms with Crippen LogP contribution in [0, 0.1) is 46.3 Å². The Bertz CT molecular complexity index is 1320. The fourth-order valence-electron chi connectivity index (χ4n) is 10.5. The summed E-state index contributed by atoms with van der Waals surface area (Å²) in [7, 11) is 0. The minimum atomic E-state index is -0.775. The van der Waals surface area contributed by atoms with Gasteiger partial charge in [0.25, 0.3) is 0 Å². The Morgan fingerprint density at radius 2 is 1.67 bits per heavy atom. The van der Waals surface area contributed by atoms with E-state index in [4.69, 9.17) is 5.11 Å². The molecule has 4 fully saturated rings. The highest BCUT2D eigenvalue weighted by Crippen LogP contribution is 2.67. The minimum Gasteiger partial charge on any atom is -0.481 e. The zero-order chi connectivity index (χ0) is 33.2. The molecule has 4 saturated carbocycles. The van der Waals surface area contributed by atoms with Gasteiger partial charge in [-0.25, -0.2) is 0 Å². The summed E-state index contributed by atoms with van der Waals surface area (Å²) in [5, 5.41) is 12.0. The Balaban J connectivity index is 1.15. The van der Waals surface area contributed by atoms with Gasteiger partial charge in [-0.3, -0.25) is 24.0 Å². The van der Waals surface area contributed by atoms with E-state index in [1.807, 2.05) is 12.1 Å². The van der Waals surface area contributed by atoms with E-state index >= 15 is 0 Å². The predicted octanol–water partition coefficient (Wildman–Crippen LogP) is 8.36. The molecule has 1 amide bonds. The third kappa shape index (κ3) is 7.07. The molecule has 1 aromatic rings. The zero-order valence-corrected chi connectivity index (χ0v) is 29.2. The lowest BCUT2D eigenvalue weighted by molar-refractivity contribution is -0.159. The van der Waals surface area contributed by atoms with Crippen LogP contribution < -0.4 is 5.32 Å². The van der Waals surface area contributed by atoms with Gasteiger partial charge < -0.3 is 10.4 Å². The molecule has 254 valence electrons. The first-order valence-corrected chi connectivity index (χ1v) is 18.9. The van der Waals surface area contributed by atoms with E-state index in [-0.39, 0.29) is 52.7 Å². The number of fused-ring (bicyclic) bond motifs is 5. The monoisotopic (exact) mass is 653 g/mol. The number of carboxylic acid groups (broad SMARTS) is 1. The van der Waals surface area contributed by atoms with E-state index in [0.29, 0.717) is 67.8 Å². The summed E-state index contributed by atoms with van der Waals surface area (Å²) in [5.74, 6) is 1.84. The number of unbranched alkanes of at least 4 members (excludes halogenated alkanes) is 3. The predicted molar refractivity (Wildman–Crippen MR) is 180 cm³/mol. The average Bonchev–Trinajstić information content (AvgIpc) is 3.63. The largest absolute Gasteiger partial charge is 0.481 e. The Hall–Kier alpha value is -2.35. The summed E-state index contributed by atoms with van der Waals surface area (Å²) >= 11 is 1.47. The fourth-order valence-corrected chi connectivity index (χ4v) is 11.6. The van der Waals surface area contributed by atoms with Crippen molar-refractivity contribution in [3.8, 4) is 0 Å². The summed E-state index contributed by atoms with van der Waals surface area (Å²) in [6, 6.07) is 3.72. The lowest BCUT2D eigenvalue weighted by atomic mass is 9.44. The summed E-state index contributed by atoms with van der Waals surface area (Å²) in [5.41, 5.74) is 0.162. The van der Waals surface area contributed by atoms with E-state index in [1.54, 1.807) is 0 Å². The van der Waals surface area contributed by atoms with Gasteiger partial charge in [0.15, 0.2) is 5.78 Å². The number of aliphatic carboxylic acids is 1. The number of hydrogen-bond acceptors (Lipinski definition) is 6. The number of carbonyl (C=O) groups is 5. The van der Waals surface area contributed by atoms with Crippen LogP contribution in [0.2, 0.25) is 0 Å². The van der Waals surface area contributed by atoms with Crippen LogP contribution in [0.5, 0.6) is 0 Å². The molecule has 1 aromatic heterocycles. The van der Waals surface area contributed by atoms with Crippen molar-refractivity contribution in [2.75, 3.05) is 0 Å². The van der Waals surface area contributed by atoms with Crippen LogP contribution in [0.25, 0.3) is 0 Å². The molecule has 46 heavy (non-hydrogen) atoms. The average molecular weight is 654 g/mol. The summed E-state index contributed by atoms with van der Waals surface area (Å²) in [6.45, 7) is 9.06. The van der Waals surface area contributed by atoms with Crippen molar-refractivity contribution >= 4 is 40.6 Å². The molecule has 1 heterocycles. The lowest BCUT2D eigenvalue weighted by Gasteiger charge is -2.59. The molecule has 7 nitrogen and oxygen atoms in total. The van der Waals surface area contributed by atoms with E-state index in [1.165, 1.54) is 11.3 Å². The van der Waals surface area contributed by atoms with Crippen molar-refractivity contribution in [3.05, 3.63) is 21.9 Å². The maximum Gasteiger partial charge on any atom is 0.303 e. The maximum atomic E-state index is 13.7. The Morgan fingerprint density at radius 1 is 0.957 bits per heavy atom. The topological polar surface area (TPSA) is 118 Å². The molecule has 8 heteroatoms. The van der Waals surface area contributed by atoms with Crippen molar-refractivity contribution in [3.63, 3.8) is 0 Å². The van der Waals surface area contributed by atoms with Crippen LogP contribution in [0.1, 0.15) is 151 Å². The second kappa shape index (κ2) is 14.4. The standard InChI is InChI=1S/C38H55NO6S/c1-5-29(32-14-15-33(46-32)30(41)10-8-6-7-9-11-35(44)45)39-34(43)20-23(2)26-12-13-27-36-28(17-19-38(26,27)4)37(3)18-16-25(40)21-24(37)22-31(36)42/h14-15,23-24,26-29,36H,5-13,16-22H2,1-4H3,(H,39,43)(H,44,45)/t23-,24+,26?,27+,28+,29-,36+,37+,38-/m1/s1. The highest BCUT2D eigenvalue weighted by atomic mass is 32.1. The zero-order valence-electron chi connectivity index (χ0n) is 28.4. The molecule has 2 N–H and O–H groups in total. The van der Waals surface area contributed by atoms with Gasteiger partial charge in [-0.15, -0.1) is 11.3 Å². The maximum absolute atomic E-state index is 13.7. The second-order valence-corrected chi connectivity index (χ2v) is 16.8. The normalized spacial score (nSPS) is 33.4. The van der Waals surface area contributed by atoms with Crippen molar-refractivity contribution in [1.29, 1.82) is 0 Å². The highest BCUT2D eigenvalue weighted by Gasteiger charge is 2.63. The van der Waals surface area contributed by atoms with Crippen LogP contribution >= 0.6 is 11.3 Å². The number of carbonyl (C=O) groups excluding carboxylic acids is 4. The number of ketones is 3. The fraction of sp³-hybridized carbons (Fsp3) is 0.763. The molecule has 0 radical (unpaired) electrons. The molecule has 1 unspecified atom stereocenters. The number of Topliss-reactive ketones (excluding diaryl/α,β-unsaturated/α-hetero) is 3. The third-order valence-electron chi connectivity index (χ3n) is 13.1. The molecule has 4 aliphatic carbocycles. The van der Waals surface area contributed by atoms with Gasteiger partial charge >= 0.3 is 5.97 Å². The van der Waals surface area contributed by atoms with Crippen LogP contribution in [0.3, 0.4) is 0 Å². The number of hydrogen-bond donors (Lipinski definition) is 2. The number of carboxylic acids is 1. The Morgan fingerprint density at radius 3 is 2.39 bits per heavy atom. The SMILES string of the molecule is CC[C@@H](NC(=O)C[C@@H](C)C1CC[C@H]2[C@@H]3C(=O)C[C@@H]4CC(=O)CC[C@]4(C)[C@H]3CC[C@]12C)c1ccc(C(=O)CCCCCCC(=O)O)s1. The van der Waals surface area contributed by atoms with E-state index in [0.717, 1.165) is 67.5 Å². The summed E-state index contributed by atoms with van der Waals surface area (Å²) < 4.78 is 0. The molecule has 4 aliphatic rings. The van der Waals surface area contributed by atoms with Gasteiger partial charge in [-0.2, -0.15) is 0 Å². The number of thiophene rings is 1. The molecule has 0 spiro atoms. The number of amides is 1. The molecule has 0 bridgehead atoms.